The molecule has 2 heterocycles. The van der Waals surface area contributed by atoms with E-state index in [-0.39, 0.29) is 0 Å². The lowest BCUT2D eigenvalue weighted by Gasteiger charge is -2.44. The Balaban J connectivity index is 2.16. The number of aromatic nitrogens is 2. The molecule has 0 radical (unpaired) electrons. The molecule has 1 aliphatic heterocycles. The van der Waals surface area contributed by atoms with E-state index in [1.807, 2.05) is 13.8 Å². The van der Waals surface area contributed by atoms with Gasteiger partial charge in [-0.1, -0.05) is 13.8 Å². The van der Waals surface area contributed by atoms with Gasteiger partial charge in [0.1, 0.15) is 28.5 Å². The van der Waals surface area contributed by atoms with Crippen LogP contribution in [-0.4, -0.2) is 27.1 Å². The topological polar surface area (TPSA) is 94.4 Å². The fourth-order valence-electron chi connectivity index (χ4n) is 2.77. The average molecular weight is 263 g/mol. The Bertz CT molecular complexity index is 606. The van der Waals surface area contributed by atoms with Gasteiger partial charge in [0.05, 0.1) is 6.04 Å². The molecule has 6 heteroatoms. The summed E-state index contributed by atoms with van der Waals surface area (Å²) in [5.74, 6) is 0.657. The first-order chi connectivity index (χ1) is 9.11. The molecule has 0 amide bonds. The lowest BCUT2D eigenvalue weighted by molar-refractivity contribution is -0.0857. The number of nitrogens with zero attached hydrogens (tertiary/aromatic N) is 2. The summed E-state index contributed by atoms with van der Waals surface area (Å²) in [6.45, 7) is 3.97. The number of nitrogens with two attached hydrogens (primary N) is 1. The fraction of sp³-hybridized carbons (Fsp3) is 0.538. The van der Waals surface area contributed by atoms with Gasteiger partial charge in [0.15, 0.2) is 0 Å². The molecular formula is C13H17N3O3. The second kappa shape index (κ2) is 4.18. The van der Waals surface area contributed by atoms with Gasteiger partial charge < -0.3 is 15.6 Å². The van der Waals surface area contributed by atoms with Gasteiger partial charge in [-0.05, 0) is 29.2 Å². The molecule has 0 saturated carbocycles. The molecular weight excluding hydrogens is 246 g/mol. The van der Waals surface area contributed by atoms with Crippen LogP contribution in [0.1, 0.15) is 38.3 Å². The average Bonchev–Trinajstić information content (AvgIpc) is 2.88. The van der Waals surface area contributed by atoms with Crippen LogP contribution in [0, 0.1) is 0 Å². The van der Waals surface area contributed by atoms with E-state index in [0.717, 1.165) is 5.56 Å². The van der Waals surface area contributed by atoms with Crippen LogP contribution in [0.2, 0.25) is 0 Å². The molecule has 1 aromatic heterocycles. The molecule has 6 nitrogen and oxygen atoms in total. The molecule has 2 atom stereocenters. The minimum atomic E-state index is -0.743. The van der Waals surface area contributed by atoms with E-state index in [1.165, 1.54) is 0 Å². The largest absolute Gasteiger partial charge is 0.484 e. The number of rotatable bonds is 2. The first-order valence-electron chi connectivity index (χ1n) is 6.50. The lowest BCUT2D eigenvalue weighted by Crippen LogP contribution is -2.54. The summed E-state index contributed by atoms with van der Waals surface area (Å²) in [6.07, 6.45) is 0.632. The predicted octanol–water partition coefficient (Wildman–Crippen LogP) is 1.53. The standard InChI is InChI=1S/C13H17N3O3/c1-3-13(4-2)12(17)11(14)7-5-8-9(16-19-15-8)6-10(7)18-13/h5-6,11-12,17H,3-4,14H2,1-2H3. The van der Waals surface area contributed by atoms with Gasteiger partial charge in [-0.25, -0.2) is 4.63 Å². The van der Waals surface area contributed by atoms with E-state index in [4.69, 9.17) is 15.1 Å². The van der Waals surface area contributed by atoms with Crippen LogP contribution in [0.5, 0.6) is 5.75 Å². The molecule has 1 aromatic carbocycles. The molecule has 19 heavy (non-hydrogen) atoms. The van der Waals surface area contributed by atoms with Gasteiger partial charge in [0.2, 0.25) is 0 Å². The second-order valence-electron chi connectivity index (χ2n) is 4.99. The number of ether oxygens (including phenoxy) is 1. The Morgan fingerprint density at radius 3 is 2.53 bits per heavy atom. The molecule has 0 spiro atoms. The summed E-state index contributed by atoms with van der Waals surface area (Å²) in [5.41, 5.74) is 7.51. The Hall–Kier alpha value is -1.66. The number of hydrogen-bond acceptors (Lipinski definition) is 6. The highest BCUT2D eigenvalue weighted by Crippen LogP contribution is 2.43. The fourth-order valence-corrected chi connectivity index (χ4v) is 2.77. The Labute approximate surface area is 110 Å². The van der Waals surface area contributed by atoms with Crippen LogP contribution in [0.15, 0.2) is 16.8 Å². The zero-order valence-corrected chi connectivity index (χ0v) is 11.0. The van der Waals surface area contributed by atoms with Crippen molar-refractivity contribution in [2.24, 2.45) is 5.73 Å². The smallest absolute Gasteiger partial charge is 0.138 e. The van der Waals surface area contributed by atoms with E-state index in [0.29, 0.717) is 29.6 Å². The maximum absolute atomic E-state index is 10.4. The van der Waals surface area contributed by atoms with Crippen molar-refractivity contribution in [1.82, 2.24) is 10.3 Å². The number of hydrogen-bond donors (Lipinski definition) is 2. The highest BCUT2D eigenvalue weighted by Gasteiger charge is 2.46. The molecule has 3 rings (SSSR count). The zero-order valence-electron chi connectivity index (χ0n) is 11.0. The van der Waals surface area contributed by atoms with Crippen molar-refractivity contribution in [3.8, 4) is 5.75 Å². The van der Waals surface area contributed by atoms with E-state index in [2.05, 4.69) is 10.3 Å². The van der Waals surface area contributed by atoms with Crippen molar-refractivity contribution in [2.45, 2.75) is 44.4 Å². The van der Waals surface area contributed by atoms with Crippen molar-refractivity contribution in [3.05, 3.63) is 17.7 Å². The van der Waals surface area contributed by atoms with Gasteiger partial charge in [-0.2, -0.15) is 0 Å². The van der Waals surface area contributed by atoms with Crippen molar-refractivity contribution >= 4 is 11.0 Å². The molecule has 2 unspecified atom stereocenters. The molecule has 1 aliphatic rings. The van der Waals surface area contributed by atoms with E-state index in [9.17, 15) is 5.11 Å². The summed E-state index contributed by atoms with van der Waals surface area (Å²) >= 11 is 0. The van der Waals surface area contributed by atoms with Crippen LogP contribution in [0.4, 0.5) is 0 Å². The normalized spacial score (nSPS) is 25.1. The minimum absolute atomic E-state index is 0.496. The quantitative estimate of drug-likeness (QED) is 0.853. The first kappa shape index (κ1) is 12.4. The van der Waals surface area contributed by atoms with Gasteiger partial charge in [-0.15, -0.1) is 0 Å². The van der Waals surface area contributed by atoms with Gasteiger partial charge in [-0.3, -0.25) is 0 Å². The van der Waals surface area contributed by atoms with Gasteiger partial charge >= 0.3 is 0 Å². The third-order valence-electron chi connectivity index (χ3n) is 4.13. The Morgan fingerprint density at radius 2 is 1.89 bits per heavy atom. The molecule has 2 aromatic rings. The molecule has 0 aliphatic carbocycles. The van der Waals surface area contributed by atoms with Crippen LogP contribution in [0.25, 0.3) is 11.0 Å². The lowest BCUT2D eigenvalue weighted by atomic mass is 9.81. The van der Waals surface area contributed by atoms with Crippen molar-refractivity contribution in [1.29, 1.82) is 0 Å². The van der Waals surface area contributed by atoms with Crippen LogP contribution in [0.3, 0.4) is 0 Å². The highest BCUT2D eigenvalue weighted by molar-refractivity contribution is 5.77. The number of aliphatic hydroxyl groups is 1. The Morgan fingerprint density at radius 1 is 1.26 bits per heavy atom. The SMILES string of the molecule is CCC1(CC)Oc2cc3nonc3cc2C(N)C1O. The van der Waals surface area contributed by atoms with Crippen LogP contribution in [-0.2, 0) is 0 Å². The number of aliphatic hydroxyl groups excluding tert-OH is 1. The second-order valence-corrected chi connectivity index (χ2v) is 4.99. The van der Waals surface area contributed by atoms with Gasteiger partial charge in [0.25, 0.3) is 0 Å². The summed E-state index contributed by atoms with van der Waals surface area (Å²) in [6, 6.07) is 3.04. The van der Waals surface area contributed by atoms with Crippen molar-refractivity contribution < 1.29 is 14.5 Å². The third-order valence-corrected chi connectivity index (χ3v) is 4.13. The third kappa shape index (κ3) is 1.63. The zero-order chi connectivity index (χ0) is 13.6. The Kier molecular flexibility index (Phi) is 2.72. The highest BCUT2D eigenvalue weighted by atomic mass is 16.6. The van der Waals surface area contributed by atoms with E-state index in [1.54, 1.807) is 12.1 Å². The molecule has 0 fully saturated rings. The van der Waals surface area contributed by atoms with Crippen molar-refractivity contribution in [3.63, 3.8) is 0 Å². The maximum Gasteiger partial charge on any atom is 0.138 e. The molecule has 0 bridgehead atoms. The monoisotopic (exact) mass is 263 g/mol. The van der Waals surface area contributed by atoms with Crippen LogP contribution < -0.4 is 10.5 Å². The minimum Gasteiger partial charge on any atom is -0.484 e. The maximum atomic E-state index is 10.4. The summed E-state index contributed by atoms with van der Waals surface area (Å²) in [5, 5.41) is 18.0. The molecule has 0 saturated heterocycles. The predicted molar refractivity (Wildman–Crippen MR) is 68.7 cm³/mol. The first-order valence-corrected chi connectivity index (χ1v) is 6.50. The summed E-state index contributed by atoms with van der Waals surface area (Å²) in [4.78, 5) is 0. The van der Waals surface area contributed by atoms with E-state index < -0.39 is 17.7 Å². The van der Waals surface area contributed by atoms with Crippen molar-refractivity contribution in [2.75, 3.05) is 0 Å². The molecule has 3 N–H and O–H groups in total. The number of benzene rings is 1. The summed E-state index contributed by atoms with van der Waals surface area (Å²) < 4.78 is 10.7. The molecule has 102 valence electrons. The summed E-state index contributed by atoms with van der Waals surface area (Å²) in [7, 11) is 0. The number of fused-ring (bicyclic) bond motifs is 2. The van der Waals surface area contributed by atoms with Gasteiger partial charge in [0, 0.05) is 11.6 Å². The van der Waals surface area contributed by atoms with Crippen LogP contribution >= 0.6 is 0 Å². The van der Waals surface area contributed by atoms with E-state index >= 15 is 0 Å².